The number of benzene rings is 1. The van der Waals surface area contributed by atoms with E-state index >= 15 is 0 Å². The summed E-state index contributed by atoms with van der Waals surface area (Å²) in [6.07, 6.45) is 2.01. The van der Waals surface area contributed by atoms with Crippen molar-refractivity contribution in [1.29, 1.82) is 0 Å². The molecular formula is C16H21FN4O2. The Morgan fingerprint density at radius 2 is 2.22 bits per heavy atom. The average molecular weight is 320 g/mol. The highest BCUT2D eigenvalue weighted by Gasteiger charge is 2.18. The molecule has 1 aromatic heterocycles. The number of hydrogen-bond acceptors (Lipinski definition) is 4. The van der Waals surface area contributed by atoms with Gasteiger partial charge in [-0.05, 0) is 30.0 Å². The average Bonchev–Trinajstić information content (AvgIpc) is 2.95. The Morgan fingerprint density at radius 3 is 2.87 bits per heavy atom. The van der Waals surface area contributed by atoms with E-state index in [9.17, 15) is 9.18 Å². The first-order valence-corrected chi connectivity index (χ1v) is 7.56. The van der Waals surface area contributed by atoms with Gasteiger partial charge in [-0.25, -0.2) is 9.07 Å². The van der Waals surface area contributed by atoms with Crippen LogP contribution in [0.3, 0.4) is 0 Å². The topological polar surface area (TPSA) is 80.0 Å². The summed E-state index contributed by atoms with van der Waals surface area (Å²) in [6, 6.07) is 6.06. The Labute approximate surface area is 134 Å². The molecule has 1 aromatic carbocycles. The van der Waals surface area contributed by atoms with Gasteiger partial charge in [0.25, 0.3) is 5.91 Å². The lowest BCUT2D eigenvalue weighted by atomic mass is 10.0. The van der Waals surface area contributed by atoms with E-state index < -0.39 is 0 Å². The van der Waals surface area contributed by atoms with Crippen LogP contribution in [0.25, 0.3) is 0 Å². The molecule has 0 saturated carbocycles. The first-order chi connectivity index (χ1) is 11.0. The number of rotatable bonds is 7. The van der Waals surface area contributed by atoms with Gasteiger partial charge in [-0.15, -0.1) is 5.10 Å². The highest BCUT2D eigenvalue weighted by Crippen LogP contribution is 2.08. The van der Waals surface area contributed by atoms with Crippen LogP contribution in [0.5, 0.6) is 0 Å². The van der Waals surface area contributed by atoms with E-state index in [4.69, 9.17) is 5.11 Å². The number of carbonyl (C=O) groups is 1. The summed E-state index contributed by atoms with van der Waals surface area (Å²) >= 11 is 0. The van der Waals surface area contributed by atoms with Gasteiger partial charge in [0.1, 0.15) is 5.82 Å². The normalized spacial score (nSPS) is 12.4. The maximum Gasteiger partial charge on any atom is 0.273 e. The van der Waals surface area contributed by atoms with Gasteiger partial charge < -0.3 is 10.4 Å². The molecule has 2 N–H and O–H groups in total. The van der Waals surface area contributed by atoms with Crippen LogP contribution in [0.1, 0.15) is 36.3 Å². The van der Waals surface area contributed by atoms with Gasteiger partial charge in [0.2, 0.25) is 0 Å². The number of aliphatic hydroxyl groups excluding tert-OH is 1. The third-order valence-electron chi connectivity index (χ3n) is 3.57. The minimum absolute atomic E-state index is 0.00931. The van der Waals surface area contributed by atoms with Gasteiger partial charge >= 0.3 is 0 Å². The molecule has 1 amide bonds. The molecule has 0 aliphatic carbocycles. The highest BCUT2D eigenvalue weighted by molar-refractivity contribution is 5.92. The summed E-state index contributed by atoms with van der Waals surface area (Å²) in [5, 5.41) is 19.6. The van der Waals surface area contributed by atoms with Crippen molar-refractivity contribution < 1.29 is 14.3 Å². The molecule has 124 valence electrons. The van der Waals surface area contributed by atoms with Crippen molar-refractivity contribution in [3.05, 3.63) is 47.5 Å². The van der Waals surface area contributed by atoms with Crippen molar-refractivity contribution in [3.8, 4) is 0 Å². The van der Waals surface area contributed by atoms with Gasteiger partial charge in [-0.2, -0.15) is 0 Å². The number of hydrogen-bond donors (Lipinski definition) is 2. The van der Waals surface area contributed by atoms with Crippen molar-refractivity contribution in [2.75, 3.05) is 6.61 Å². The second-order valence-electron chi connectivity index (χ2n) is 5.77. The molecule has 1 unspecified atom stereocenters. The zero-order chi connectivity index (χ0) is 16.8. The van der Waals surface area contributed by atoms with E-state index in [1.807, 2.05) is 13.8 Å². The largest absolute Gasteiger partial charge is 0.396 e. The summed E-state index contributed by atoms with van der Waals surface area (Å²) in [4.78, 5) is 12.2. The Balaban J connectivity index is 2.02. The maximum atomic E-state index is 13.2. The van der Waals surface area contributed by atoms with Crippen LogP contribution < -0.4 is 5.32 Å². The predicted molar refractivity (Wildman–Crippen MR) is 83.3 cm³/mol. The highest BCUT2D eigenvalue weighted by atomic mass is 19.1. The number of amides is 1. The van der Waals surface area contributed by atoms with Crippen LogP contribution in [0, 0.1) is 11.7 Å². The van der Waals surface area contributed by atoms with Gasteiger partial charge in [0.15, 0.2) is 5.69 Å². The van der Waals surface area contributed by atoms with E-state index in [2.05, 4.69) is 15.6 Å². The van der Waals surface area contributed by atoms with Gasteiger partial charge in [-0.3, -0.25) is 4.79 Å². The molecule has 23 heavy (non-hydrogen) atoms. The first-order valence-electron chi connectivity index (χ1n) is 7.56. The maximum absolute atomic E-state index is 13.2. The van der Waals surface area contributed by atoms with Crippen molar-refractivity contribution in [2.24, 2.45) is 5.92 Å². The van der Waals surface area contributed by atoms with Crippen LogP contribution in [-0.2, 0) is 6.54 Å². The first kappa shape index (κ1) is 17.1. The van der Waals surface area contributed by atoms with Crippen LogP contribution in [0.2, 0.25) is 0 Å². The zero-order valence-electron chi connectivity index (χ0n) is 13.2. The summed E-state index contributed by atoms with van der Waals surface area (Å²) < 4.78 is 14.7. The van der Waals surface area contributed by atoms with E-state index in [1.165, 1.54) is 23.0 Å². The monoisotopic (exact) mass is 320 g/mol. The summed E-state index contributed by atoms with van der Waals surface area (Å²) in [5.74, 6) is -0.444. The molecule has 1 atom stereocenters. The molecule has 1 heterocycles. The van der Waals surface area contributed by atoms with Gasteiger partial charge in [-0.1, -0.05) is 31.2 Å². The van der Waals surface area contributed by atoms with Crippen LogP contribution in [0.4, 0.5) is 4.39 Å². The number of aromatic nitrogens is 3. The third-order valence-corrected chi connectivity index (χ3v) is 3.57. The fourth-order valence-corrected chi connectivity index (χ4v) is 2.26. The smallest absolute Gasteiger partial charge is 0.273 e. The summed E-state index contributed by atoms with van der Waals surface area (Å²) in [6.45, 7) is 4.29. The molecular weight excluding hydrogens is 299 g/mol. The second-order valence-corrected chi connectivity index (χ2v) is 5.77. The lowest BCUT2D eigenvalue weighted by Crippen LogP contribution is -2.39. The minimum atomic E-state index is -0.331. The third kappa shape index (κ3) is 4.85. The molecule has 0 aliphatic heterocycles. The second kappa shape index (κ2) is 7.82. The fourth-order valence-electron chi connectivity index (χ4n) is 2.26. The molecule has 0 fully saturated rings. The molecule has 0 spiro atoms. The minimum Gasteiger partial charge on any atom is -0.396 e. The number of carbonyl (C=O) groups excluding carboxylic acids is 1. The standard InChI is InChI=1S/C16H21FN4O2/c1-11(2)14(6-7-22)18-16(23)15-10-21(20-19-15)9-12-4-3-5-13(17)8-12/h3-5,8,10-11,14,22H,6-7,9H2,1-2H3,(H,18,23). The molecule has 0 saturated heterocycles. The molecule has 2 aromatic rings. The molecule has 0 aliphatic rings. The van der Waals surface area contributed by atoms with Crippen molar-refractivity contribution >= 4 is 5.91 Å². The Bertz CT molecular complexity index is 657. The molecule has 2 rings (SSSR count). The molecule has 6 nitrogen and oxygen atoms in total. The summed E-state index contributed by atoms with van der Waals surface area (Å²) in [7, 11) is 0. The van der Waals surface area contributed by atoms with Crippen LogP contribution >= 0.6 is 0 Å². The Hall–Kier alpha value is -2.28. The molecule has 0 bridgehead atoms. The quantitative estimate of drug-likeness (QED) is 0.812. The lowest BCUT2D eigenvalue weighted by Gasteiger charge is -2.20. The van der Waals surface area contributed by atoms with Crippen molar-refractivity contribution in [3.63, 3.8) is 0 Å². The SMILES string of the molecule is CC(C)C(CCO)NC(=O)c1cn(Cc2cccc(F)c2)nn1. The van der Waals surface area contributed by atoms with E-state index in [0.717, 1.165) is 5.56 Å². The fraction of sp³-hybridized carbons (Fsp3) is 0.438. The van der Waals surface area contributed by atoms with Crippen LogP contribution in [0.15, 0.2) is 30.5 Å². The zero-order valence-corrected chi connectivity index (χ0v) is 13.2. The van der Waals surface area contributed by atoms with Crippen LogP contribution in [-0.4, -0.2) is 38.7 Å². The number of nitrogens with zero attached hydrogens (tertiary/aromatic N) is 3. The van der Waals surface area contributed by atoms with E-state index in [-0.39, 0.29) is 36.0 Å². The lowest BCUT2D eigenvalue weighted by molar-refractivity contribution is 0.0911. The predicted octanol–water partition coefficient (Wildman–Crippen LogP) is 1.60. The van der Waals surface area contributed by atoms with Gasteiger partial charge in [0.05, 0.1) is 12.7 Å². The number of aliphatic hydroxyl groups is 1. The number of halogens is 1. The Morgan fingerprint density at radius 1 is 1.43 bits per heavy atom. The Kier molecular flexibility index (Phi) is 5.81. The van der Waals surface area contributed by atoms with E-state index in [1.54, 1.807) is 12.1 Å². The van der Waals surface area contributed by atoms with E-state index in [0.29, 0.717) is 13.0 Å². The molecule has 7 heteroatoms. The van der Waals surface area contributed by atoms with Crippen molar-refractivity contribution in [1.82, 2.24) is 20.3 Å². The summed E-state index contributed by atoms with van der Waals surface area (Å²) in [5.41, 5.74) is 0.937. The molecule has 0 radical (unpaired) electrons. The van der Waals surface area contributed by atoms with Crippen molar-refractivity contribution in [2.45, 2.75) is 32.9 Å². The van der Waals surface area contributed by atoms with Gasteiger partial charge in [0, 0.05) is 12.6 Å². The number of nitrogens with one attached hydrogen (secondary N) is 1.